The number of carbonyl (C=O) groups is 3. The lowest BCUT2D eigenvalue weighted by molar-refractivity contribution is -0.136. The van der Waals surface area contributed by atoms with Crippen molar-refractivity contribution in [3.05, 3.63) is 65.2 Å². The first-order valence-corrected chi connectivity index (χ1v) is 8.73. The molecule has 1 N–H and O–H groups in total. The molecule has 0 aliphatic rings. The number of aryl methyl sites for hydroxylation is 1. The summed E-state index contributed by atoms with van der Waals surface area (Å²) in [7, 11) is 1.46. The van der Waals surface area contributed by atoms with Gasteiger partial charge in [-0.1, -0.05) is 25.1 Å². The fourth-order valence-electron chi connectivity index (χ4n) is 2.45. The molecule has 0 bridgehead atoms. The van der Waals surface area contributed by atoms with Crippen molar-refractivity contribution >= 4 is 23.5 Å². The molecule has 0 radical (unpaired) electrons. The van der Waals surface area contributed by atoms with E-state index in [9.17, 15) is 14.4 Å². The molecule has 28 heavy (non-hydrogen) atoms. The SMILES string of the molecule is CCc1ccccc1NC(=O)CN(C)C(=O)COC(=O)c1ccc(C#N)cc1. The summed E-state index contributed by atoms with van der Waals surface area (Å²) < 4.78 is 4.98. The first-order valence-electron chi connectivity index (χ1n) is 8.73. The maximum atomic E-state index is 12.2. The van der Waals surface area contributed by atoms with Gasteiger partial charge in [0.05, 0.1) is 23.7 Å². The van der Waals surface area contributed by atoms with Crippen LogP contribution in [0.25, 0.3) is 0 Å². The van der Waals surface area contributed by atoms with Crippen LogP contribution in [0, 0.1) is 11.3 Å². The number of ether oxygens (including phenoxy) is 1. The minimum absolute atomic E-state index is 0.161. The zero-order chi connectivity index (χ0) is 20.5. The summed E-state index contributed by atoms with van der Waals surface area (Å²) in [6.45, 7) is 1.35. The van der Waals surface area contributed by atoms with Gasteiger partial charge in [-0.05, 0) is 42.3 Å². The number of carbonyl (C=O) groups excluding carboxylic acids is 3. The third-order valence-electron chi connectivity index (χ3n) is 4.06. The van der Waals surface area contributed by atoms with E-state index in [-0.39, 0.29) is 18.0 Å². The molecular formula is C21H21N3O4. The van der Waals surface area contributed by atoms with E-state index in [0.717, 1.165) is 12.0 Å². The van der Waals surface area contributed by atoms with E-state index in [4.69, 9.17) is 10.00 Å². The third kappa shape index (κ3) is 5.68. The van der Waals surface area contributed by atoms with E-state index in [1.165, 1.54) is 36.2 Å². The minimum atomic E-state index is -0.674. The van der Waals surface area contributed by atoms with Crippen LogP contribution in [0.15, 0.2) is 48.5 Å². The molecule has 7 heteroatoms. The Morgan fingerprint density at radius 3 is 2.43 bits per heavy atom. The van der Waals surface area contributed by atoms with Gasteiger partial charge in [-0.25, -0.2) is 4.79 Å². The number of hydrogen-bond acceptors (Lipinski definition) is 5. The summed E-state index contributed by atoms with van der Waals surface area (Å²) in [6, 6.07) is 15.3. The van der Waals surface area contributed by atoms with Gasteiger partial charge in [0, 0.05) is 12.7 Å². The van der Waals surface area contributed by atoms with Crippen LogP contribution < -0.4 is 5.32 Å². The number of nitrogens with one attached hydrogen (secondary N) is 1. The second kappa shape index (κ2) is 9.88. The number of benzene rings is 2. The van der Waals surface area contributed by atoms with Crippen molar-refractivity contribution in [1.29, 1.82) is 5.26 Å². The zero-order valence-electron chi connectivity index (χ0n) is 15.8. The average molecular weight is 379 g/mol. The topological polar surface area (TPSA) is 99.5 Å². The Morgan fingerprint density at radius 2 is 1.79 bits per heavy atom. The highest BCUT2D eigenvalue weighted by Gasteiger charge is 2.16. The Hall–Kier alpha value is -3.66. The number of para-hydroxylation sites is 1. The normalized spacial score (nSPS) is 9.89. The molecule has 2 aromatic rings. The number of anilines is 1. The van der Waals surface area contributed by atoms with Crippen LogP contribution in [-0.2, 0) is 20.7 Å². The van der Waals surface area contributed by atoms with Crippen LogP contribution in [0.3, 0.4) is 0 Å². The Morgan fingerprint density at radius 1 is 1.11 bits per heavy atom. The van der Waals surface area contributed by atoms with E-state index in [1.54, 1.807) is 6.07 Å². The fraction of sp³-hybridized carbons (Fsp3) is 0.238. The molecule has 2 rings (SSSR count). The predicted molar refractivity (Wildman–Crippen MR) is 104 cm³/mol. The summed E-state index contributed by atoms with van der Waals surface area (Å²) in [5, 5.41) is 11.5. The van der Waals surface area contributed by atoms with E-state index >= 15 is 0 Å². The number of nitriles is 1. The van der Waals surface area contributed by atoms with Crippen LogP contribution in [-0.4, -0.2) is 42.9 Å². The van der Waals surface area contributed by atoms with Gasteiger partial charge in [0.1, 0.15) is 0 Å². The molecule has 0 saturated heterocycles. The number of nitrogens with zero attached hydrogens (tertiary/aromatic N) is 2. The highest BCUT2D eigenvalue weighted by molar-refractivity contribution is 5.96. The molecule has 0 atom stereocenters. The van der Waals surface area contributed by atoms with Crippen molar-refractivity contribution in [2.24, 2.45) is 0 Å². The van der Waals surface area contributed by atoms with Gasteiger partial charge < -0.3 is 15.0 Å². The number of esters is 1. The lowest BCUT2D eigenvalue weighted by atomic mass is 10.1. The predicted octanol–water partition coefficient (Wildman–Crippen LogP) is 2.37. The highest BCUT2D eigenvalue weighted by atomic mass is 16.5. The first kappa shape index (κ1) is 20.6. The second-order valence-electron chi connectivity index (χ2n) is 6.07. The zero-order valence-corrected chi connectivity index (χ0v) is 15.8. The largest absolute Gasteiger partial charge is 0.452 e. The summed E-state index contributed by atoms with van der Waals surface area (Å²) in [5.41, 5.74) is 2.37. The van der Waals surface area contributed by atoms with Gasteiger partial charge in [0.2, 0.25) is 5.91 Å². The molecule has 0 aliphatic heterocycles. The monoisotopic (exact) mass is 379 g/mol. The van der Waals surface area contributed by atoms with Crippen molar-refractivity contribution in [3.63, 3.8) is 0 Å². The van der Waals surface area contributed by atoms with Gasteiger partial charge in [0.15, 0.2) is 6.61 Å². The van der Waals surface area contributed by atoms with Crippen molar-refractivity contribution < 1.29 is 19.1 Å². The maximum absolute atomic E-state index is 12.2. The van der Waals surface area contributed by atoms with Crippen LogP contribution >= 0.6 is 0 Å². The third-order valence-corrected chi connectivity index (χ3v) is 4.06. The molecule has 0 aliphatic carbocycles. The molecule has 0 heterocycles. The van der Waals surface area contributed by atoms with Crippen LogP contribution in [0.1, 0.15) is 28.4 Å². The summed E-state index contributed by atoms with van der Waals surface area (Å²) in [5.74, 6) is -1.51. The van der Waals surface area contributed by atoms with Gasteiger partial charge in [-0.2, -0.15) is 5.26 Å². The van der Waals surface area contributed by atoms with Crippen LogP contribution in [0.5, 0.6) is 0 Å². The number of amides is 2. The van der Waals surface area contributed by atoms with Crippen molar-refractivity contribution in [2.75, 3.05) is 25.5 Å². The molecule has 0 unspecified atom stereocenters. The molecule has 144 valence electrons. The first-order chi connectivity index (χ1) is 13.4. The molecule has 0 spiro atoms. The molecule has 7 nitrogen and oxygen atoms in total. The van der Waals surface area contributed by atoms with Gasteiger partial charge in [-0.3, -0.25) is 9.59 Å². The molecule has 0 fully saturated rings. The lowest BCUT2D eigenvalue weighted by Gasteiger charge is -2.17. The van der Waals surface area contributed by atoms with E-state index in [1.807, 2.05) is 31.2 Å². The smallest absolute Gasteiger partial charge is 0.338 e. The van der Waals surface area contributed by atoms with Crippen molar-refractivity contribution in [3.8, 4) is 6.07 Å². The molecular weight excluding hydrogens is 358 g/mol. The van der Waals surface area contributed by atoms with Crippen LogP contribution in [0.2, 0.25) is 0 Å². The standard InChI is InChI=1S/C21H21N3O4/c1-3-16-6-4-5-7-18(16)23-19(25)13-24(2)20(26)14-28-21(27)17-10-8-15(12-22)9-11-17/h4-11H,3,13-14H2,1-2H3,(H,23,25). The average Bonchev–Trinajstić information content (AvgIpc) is 2.72. The second-order valence-corrected chi connectivity index (χ2v) is 6.07. The highest BCUT2D eigenvalue weighted by Crippen LogP contribution is 2.15. The molecule has 2 aromatic carbocycles. The number of hydrogen-bond donors (Lipinski definition) is 1. The Labute approximate surface area is 163 Å². The number of rotatable bonds is 7. The molecule has 0 saturated carbocycles. The summed E-state index contributed by atoms with van der Waals surface area (Å²) in [4.78, 5) is 37.4. The van der Waals surface area contributed by atoms with Crippen molar-refractivity contribution in [1.82, 2.24) is 4.90 Å². The number of likely N-dealkylation sites (N-methyl/N-ethyl adjacent to an activating group) is 1. The van der Waals surface area contributed by atoms with Crippen LogP contribution in [0.4, 0.5) is 5.69 Å². The quantitative estimate of drug-likeness (QED) is 0.745. The maximum Gasteiger partial charge on any atom is 0.338 e. The molecule has 0 aromatic heterocycles. The summed E-state index contributed by atoms with van der Waals surface area (Å²) in [6.07, 6.45) is 0.774. The van der Waals surface area contributed by atoms with E-state index < -0.39 is 18.5 Å². The van der Waals surface area contributed by atoms with Gasteiger partial charge in [0.25, 0.3) is 5.91 Å². The van der Waals surface area contributed by atoms with Gasteiger partial charge in [-0.15, -0.1) is 0 Å². The Balaban J connectivity index is 1.84. The minimum Gasteiger partial charge on any atom is -0.452 e. The van der Waals surface area contributed by atoms with Gasteiger partial charge >= 0.3 is 5.97 Å². The fourth-order valence-corrected chi connectivity index (χ4v) is 2.45. The molecule has 2 amide bonds. The summed E-state index contributed by atoms with van der Waals surface area (Å²) >= 11 is 0. The van der Waals surface area contributed by atoms with E-state index in [0.29, 0.717) is 11.3 Å². The van der Waals surface area contributed by atoms with Crippen molar-refractivity contribution in [2.45, 2.75) is 13.3 Å². The Kier molecular flexibility index (Phi) is 7.28. The Bertz CT molecular complexity index is 901. The van der Waals surface area contributed by atoms with E-state index in [2.05, 4.69) is 5.32 Å². The lowest BCUT2D eigenvalue weighted by Crippen LogP contribution is -2.37.